The molecule has 1 amide bonds. The predicted octanol–water partition coefficient (Wildman–Crippen LogP) is 3.17. The lowest BCUT2D eigenvalue weighted by molar-refractivity contribution is -0.146. The number of carbonyl (C=O) groups excluding carboxylic acids is 2. The quantitative estimate of drug-likeness (QED) is 0.645. The van der Waals surface area contributed by atoms with E-state index in [1.54, 1.807) is 30.0 Å². The third kappa shape index (κ3) is 5.83. The van der Waals surface area contributed by atoms with Crippen LogP contribution in [0.2, 0.25) is 0 Å². The maximum absolute atomic E-state index is 12.6. The number of thiophene rings is 1. The summed E-state index contributed by atoms with van der Waals surface area (Å²) >= 11 is 3.45. The van der Waals surface area contributed by atoms with Crippen molar-refractivity contribution in [1.29, 1.82) is 0 Å². The van der Waals surface area contributed by atoms with Gasteiger partial charge in [0.1, 0.15) is 6.04 Å². The monoisotopic (exact) mass is 418 g/mol. The molecule has 0 unspecified atom stereocenters. The van der Waals surface area contributed by atoms with Crippen LogP contribution in [-0.4, -0.2) is 42.9 Å². The summed E-state index contributed by atoms with van der Waals surface area (Å²) in [5, 5.41) is 8.58. The summed E-state index contributed by atoms with van der Waals surface area (Å²) in [5.41, 5.74) is 1.16. The number of amides is 1. The van der Waals surface area contributed by atoms with E-state index in [2.05, 4.69) is 22.1 Å². The zero-order chi connectivity index (χ0) is 19.8. The highest BCUT2D eigenvalue weighted by Gasteiger charge is 2.31. The van der Waals surface area contributed by atoms with Crippen LogP contribution in [0.5, 0.6) is 0 Å². The summed E-state index contributed by atoms with van der Waals surface area (Å²) in [6.07, 6.45) is 1.34. The van der Waals surface area contributed by atoms with Crippen molar-refractivity contribution in [3.05, 3.63) is 58.3 Å². The van der Waals surface area contributed by atoms with E-state index in [9.17, 15) is 9.59 Å². The summed E-state index contributed by atoms with van der Waals surface area (Å²) in [7, 11) is 0. The Hall–Kier alpha value is -1.83. The van der Waals surface area contributed by atoms with Gasteiger partial charge < -0.3 is 10.1 Å². The Morgan fingerprint density at radius 1 is 1.29 bits per heavy atom. The molecule has 3 atom stereocenters. The van der Waals surface area contributed by atoms with Crippen LogP contribution in [0.15, 0.2) is 47.8 Å². The first-order valence-corrected chi connectivity index (χ1v) is 11.5. The molecule has 5 nitrogen and oxygen atoms in total. The van der Waals surface area contributed by atoms with Crippen molar-refractivity contribution < 1.29 is 14.3 Å². The summed E-state index contributed by atoms with van der Waals surface area (Å²) < 4.78 is 5.24. The van der Waals surface area contributed by atoms with E-state index >= 15 is 0 Å². The number of ether oxygens (including phenoxy) is 1. The number of esters is 1. The lowest BCUT2D eigenvalue weighted by atomic mass is 10.0. The molecule has 1 saturated heterocycles. The van der Waals surface area contributed by atoms with E-state index < -0.39 is 12.1 Å². The van der Waals surface area contributed by atoms with Crippen molar-refractivity contribution in [1.82, 2.24) is 10.6 Å². The Balaban J connectivity index is 1.63. The van der Waals surface area contributed by atoms with Crippen LogP contribution in [0.3, 0.4) is 0 Å². The second-order valence-electron chi connectivity index (χ2n) is 6.63. The van der Waals surface area contributed by atoms with E-state index in [0.717, 1.165) is 12.0 Å². The Morgan fingerprint density at radius 2 is 2.11 bits per heavy atom. The Morgan fingerprint density at radius 3 is 2.82 bits per heavy atom. The highest BCUT2D eigenvalue weighted by Crippen LogP contribution is 2.33. The van der Waals surface area contributed by atoms with Gasteiger partial charge in [-0.15, -0.1) is 23.1 Å². The van der Waals surface area contributed by atoms with Gasteiger partial charge in [-0.2, -0.15) is 0 Å². The summed E-state index contributed by atoms with van der Waals surface area (Å²) in [5.74, 6) is 0.270. The second-order valence-corrected chi connectivity index (χ2v) is 8.85. The normalized spacial score (nSPS) is 20.8. The van der Waals surface area contributed by atoms with Crippen molar-refractivity contribution in [2.45, 2.75) is 37.1 Å². The molecule has 2 heterocycles. The van der Waals surface area contributed by atoms with Gasteiger partial charge in [-0.1, -0.05) is 36.4 Å². The molecule has 0 radical (unpaired) electrons. The molecule has 150 valence electrons. The highest BCUT2D eigenvalue weighted by molar-refractivity contribution is 7.99. The van der Waals surface area contributed by atoms with E-state index in [1.165, 1.54) is 4.88 Å². The number of hydrogen-bond acceptors (Lipinski definition) is 6. The molecule has 3 rings (SSSR count). The zero-order valence-electron chi connectivity index (χ0n) is 15.9. The number of aryl methyl sites for hydroxylation is 1. The highest BCUT2D eigenvalue weighted by atomic mass is 32.2. The molecular formula is C21H26N2O3S2. The van der Waals surface area contributed by atoms with Gasteiger partial charge in [0.25, 0.3) is 0 Å². The Bertz CT molecular complexity index is 752. The van der Waals surface area contributed by atoms with Crippen LogP contribution in [0, 0.1) is 0 Å². The lowest BCUT2D eigenvalue weighted by Crippen LogP contribution is -2.52. The molecule has 7 heteroatoms. The lowest BCUT2D eigenvalue weighted by Gasteiger charge is -2.22. The number of benzene rings is 1. The van der Waals surface area contributed by atoms with E-state index in [-0.39, 0.29) is 17.1 Å². The molecule has 2 N–H and O–H groups in total. The third-order valence-corrected chi connectivity index (χ3v) is 7.12. The van der Waals surface area contributed by atoms with E-state index in [4.69, 9.17) is 4.74 Å². The van der Waals surface area contributed by atoms with Crippen LogP contribution in [0.4, 0.5) is 0 Å². The van der Waals surface area contributed by atoms with Gasteiger partial charge in [0.2, 0.25) is 5.91 Å². The third-order valence-electron chi connectivity index (χ3n) is 4.64. The molecule has 1 fully saturated rings. The minimum absolute atomic E-state index is 0.0550. The number of thioether (sulfide) groups is 1. The van der Waals surface area contributed by atoms with Crippen LogP contribution in [0.25, 0.3) is 0 Å². The molecular weight excluding hydrogens is 392 g/mol. The van der Waals surface area contributed by atoms with Crippen molar-refractivity contribution >= 4 is 35.0 Å². The fraction of sp³-hybridized carbons (Fsp3) is 0.429. The average molecular weight is 419 g/mol. The van der Waals surface area contributed by atoms with Gasteiger partial charge in [-0.05, 0) is 36.8 Å². The predicted molar refractivity (Wildman–Crippen MR) is 115 cm³/mol. The molecule has 1 aliphatic heterocycles. The van der Waals surface area contributed by atoms with Crippen molar-refractivity contribution in [2.75, 3.05) is 18.9 Å². The first-order valence-electron chi connectivity index (χ1n) is 9.56. The maximum Gasteiger partial charge on any atom is 0.323 e. The minimum Gasteiger partial charge on any atom is -0.465 e. The zero-order valence-corrected chi connectivity index (χ0v) is 17.6. The second kappa shape index (κ2) is 10.6. The standard InChI is InChI=1S/C21H26N2O3S2/c1-2-26-21(25)16(11-10-15-7-4-3-5-8-15)23-17-14-28-19(13-22-20(17)24)18-9-6-12-27-18/h3-9,12,16-17,19,23H,2,10-11,13-14H2,1H3,(H,22,24)/t16-,17-,19-/m0/s1. The molecule has 2 aromatic rings. The number of hydrogen-bond donors (Lipinski definition) is 2. The smallest absolute Gasteiger partial charge is 0.323 e. The van der Waals surface area contributed by atoms with Gasteiger partial charge in [-0.25, -0.2) is 0 Å². The molecule has 0 aliphatic carbocycles. The van der Waals surface area contributed by atoms with Crippen molar-refractivity contribution in [3.8, 4) is 0 Å². The largest absolute Gasteiger partial charge is 0.465 e. The molecule has 1 aromatic carbocycles. The van der Waals surface area contributed by atoms with E-state index in [1.807, 2.05) is 36.4 Å². The summed E-state index contributed by atoms with van der Waals surface area (Å²) in [4.78, 5) is 26.3. The Labute approximate surface area is 174 Å². The average Bonchev–Trinajstić information content (AvgIpc) is 3.18. The van der Waals surface area contributed by atoms with Gasteiger partial charge in [-0.3, -0.25) is 14.9 Å². The molecule has 28 heavy (non-hydrogen) atoms. The van der Waals surface area contributed by atoms with Crippen molar-refractivity contribution in [2.24, 2.45) is 0 Å². The van der Waals surface area contributed by atoms with Crippen LogP contribution in [-0.2, 0) is 20.7 Å². The van der Waals surface area contributed by atoms with Crippen LogP contribution >= 0.6 is 23.1 Å². The SMILES string of the molecule is CCOC(=O)[C@H](CCc1ccccc1)N[C@H]1CS[C@H](c2cccs2)CNC1=O. The number of carbonyl (C=O) groups is 2. The topological polar surface area (TPSA) is 67.4 Å². The van der Waals surface area contributed by atoms with E-state index in [0.29, 0.717) is 25.3 Å². The van der Waals surface area contributed by atoms with Gasteiger partial charge in [0.05, 0.1) is 17.9 Å². The fourth-order valence-electron chi connectivity index (χ4n) is 3.16. The Kier molecular flexibility index (Phi) is 7.94. The molecule has 1 aromatic heterocycles. The number of rotatable bonds is 8. The fourth-order valence-corrected chi connectivity index (χ4v) is 5.35. The molecule has 0 bridgehead atoms. The molecule has 0 saturated carbocycles. The first-order chi connectivity index (χ1) is 13.7. The summed E-state index contributed by atoms with van der Waals surface area (Å²) in [6.45, 7) is 2.73. The van der Waals surface area contributed by atoms with Gasteiger partial charge >= 0.3 is 5.97 Å². The molecule has 0 spiro atoms. The maximum atomic E-state index is 12.6. The summed E-state index contributed by atoms with van der Waals surface area (Å²) in [6, 6.07) is 13.2. The van der Waals surface area contributed by atoms with Crippen molar-refractivity contribution in [3.63, 3.8) is 0 Å². The number of nitrogens with one attached hydrogen (secondary N) is 2. The van der Waals surface area contributed by atoms with Crippen LogP contribution < -0.4 is 10.6 Å². The molecule has 1 aliphatic rings. The van der Waals surface area contributed by atoms with Gasteiger partial charge in [0, 0.05) is 17.2 Å². The van der Waals surface area contributed by atoms with Gasteiger partial charge in [0.15, 0.2) is 0 Å². The minimum atomic E-state index is -0.505. The first kappa shape index (κ1) is 20.9. The van der Waals surface area contributed by atoms with Crippen LogP contribution in [0.1, 0.15) is 29.0 Å².